The lowest BCUT2D eigenvalue weighted by Crippen LogP contribution is -1.99. The molecule has 0 saturated carbocycles. The Balaban J connectivity index is 2.53. The number of halogens is 3. The topological polar surface area (TPSA) is 48.9 Å². The van der Waals surface area contributed by atoms with Crippen molar-refractivity contribution in [1.29, 1.82) is 0 Å². The van der Waals surface area contributed by atoms with Crippen molar-refractivity contribution < 1.29 is 18.3 Å². The van der Waals surface area contributed by atoms with Crippen molar-refractivity contribution in [3.63, 3.8) is 0 Å². The van der Waals surface area contributed by atoms with Gasteiger partial charge < -0.3 is 10.1 Å². The summed E-state index contributed by atoms with van der Waals surface area (Å²) in [5, 5.41) is 9.20. The van der Waals surface area contributed by atoms with Crippen LogP contribution in [-0.4, -0.2) is 20.6 Å². The minimum absolute atomic E-state index is 0.112. The Hall–Kier alpha value is -1.37. The van der Waals surface area contributed by atoms with Crippen LogP contribution in [0.5, 0.6) is 5.75 Å². The van der Waals surface area contributed by atoms with Crippen LogP contribution < -0.4 is 0 Å². The molecule has 7 heteroatoms. The molecule has 2 N–H and O–H groups in total. The van der Waals surface area contributed by atoms with E-state index in [-0.39, 0.29) is 27.9 Å². The summed E-state index contributed by atoms with van der Waals surface area (Å²) >= 11 is -0.293. The molecule has 0 unspecified atom stereocenters. The number of thioether (sulfide) groups is 1. The Bertz CT molecular complexity index is 494. The van der Waals surface area contributed by atoms with Gasteiger partial charge in [-0.2, -0.15) is 13.2 Å². The van der Waals surface area contributed by atoms with E-state index in [1.165, 1.54) is 12.4 Å². The van der Waals surface area contributed by atoms with Gasteiger partial charge in [0.1, 0.15) is 11.3 Å². The molecule has 0 atom stereocenters. The van der Waals surface area contributed by atoms with E-state index in [0.29, 0.717) is 5.52 Å². The summed E-state index contributed by atoms with van der Waals surface area (Å²) in [6, 6.07) is 2.37. The van der Waals surface area contributed by atoms with Crippen LogP contribution >= 0.6 is 11.8 Å². The number of H-pyrrole nitrogens is 1. The molecule has 80 valence electrons. The maximum absolute atomic E-state index is 12.2. The molecule has 3 nitrogen and oxygen atoms in total. The predicted molar refractivity (Wildman–Crippen MR) is 49.7 cm³/mol. The highest BCUT2D eigenvalue weighted by Gasteiger charge is 2.30. The molecular formula is C8H5F3N2OS. The maximum atomic E-state index is 12.2. The molecule has 1 aromatic carbocycles. The fourth-order valence-corrected chi connectivity index (χ4v) is 1.89. The Kier molecular flexibility index (Phi) is 2.26. The third kappa shape index (κ3) is 2.17. The Labute approximate surface area is 86.3 Å². The lowest BCUT2D eigenvalue weighted by molar-refractivity contribution is -0.0327. The number of nitrogens with zero attached hydrogens (tertiary/aromatic N) is 1. The van der Waals surface area contributed by atoms with E-state index in [0.717, 1.165) is 6.07 Å². The molecule has 15 heavy (non-hydrogen) atoms. The largest absolute Gasteiger partial charge is 0.508 e. The second-order valence-electron chi connectivity index (χ2n) is 2.79. The number of aromatic nitrogens is 2. The highest BCUT2D eigenvalue weighted by atomic mass is 32.2. The van der Waals surface area contributed by atoms with E-state index in [4.69, 9.17) is 0 Å². The van der Waals surface area contributed by atoms with E-state index in [9.17, 15) is 18.3 Å². The minimum Gasteiger partial charge on any atom is -0.508 e. The van der Waals surface area contributed by atoms with Gasteiger partial charge in [0.2, 0.25) is 0 Å². The number of phenolic OH excluding ortho intramolecular Hbond substituents is 1. The molecule has 0 spiro atoms. The van der Waals surface area contributed by atoms with E-state index in [1.54, 1.807) is 0 Å². The third-order valence-corrected chi connectivity index (χ3v) is 2.46. The standard InChI is InChI=1S/C8H5F3N2OS/c9-8(10,11)15-6-2-4(14)1-5-7(6)13-3-12-5/h1-3,14H,(H,12,13). The van der Waals surface area contributed by atoms with Crippen molar-refractivity contribution in [1.82, 2.24) is 9.97 Å². The second kappa shape index (κ2) is 3.34. The van der Waals surface area contributed by atoms with Crippen molar-refractivity contribution >= 4 is 22.8 Å². The third-order valence-electron chi connectivity index (χ3n) is 1.70. The summed E-state index contributed by atoms with van der Waals surface area (Å²) in [6.07, 6.45) is 1.28. The van der Waals surface area contributed by atoms with Crippen molar-refractivity contribution in [2.45, 2.75) is 10.4 Å². The predicted octanol–water partition coefficient (Wildman–Crippen LogP) is 2.88. The first-order valence-corrected chi connectivity index (χ1v) is 4.69. The lowest BCUT2D eigenvalue weighted by Gasteiger charge is -2.06. The summed E-state index contributed by atoms with van der Waals surface area (Å²) in [5.74, 6) is -0.224. The molecule has 0 fully saturated rings. The number of imidazole rings is 1. The molecule has 1 heterocycles. The number of benzene rings is 1. The molecule has 0 amide bonds. The van der Waals surface area contributed by atoms with E-state index in [2.05, 4.69) is 9.97 Å². The molecule has 0 bridgehead atoms. The first kappa shape index (κ1) is 10.2. The number of nitrogens with one attached hydrogen (secondary N) is 1. The first-order chi connectivity index (χ1) is 6.96. The Morgan fingerprint density at radius 2 is 2.07 bits per heavy atom. The molecule has 0 radical (unpaired) electrons. The Morgan fingerprint density at radius 1 is 1.33 bits per heavy atom. The molecule has 0 saturated heterocycles. The van der Waals surface area contributed by atoms with Gasteiger partial charge in [-0.05, 0) is 17.8 Å². The van der Waals surface area contributed by atoms with Crippen LogP contribution in [0.4, 0.5) is 13.2 Å². The fraction of sp³-hybridized carbons (Fsp3) is 0.125. The summed E-state index contributed by atoms with van der Waals surface area (Å²) in [5.41, 5.74) is -3.81. The van der Waals surface area contributed by atoms with E-state index < -0.39 is 5.51 Å². The number of aromatic amines is 1. The van der Waals surface area contributed by atoms with Gasteiger partial charge in [-0.15, -0.1) is 0 Å². The van der Waals surface area contributed by atoms with Crippen LogP contribution in [0.3, 0.4) is 0 Å². The first-order valence-electron chi connectivity index (χ1n) is 3.87. The van der Waals surface area contributed by atoms with Gasteiger partial charge in [0.25, 0.3) is 0 Å². The number of fused-ring (bicyclic) bond motifs is 1. The van der Waals surface area contributed by atoms with Crippen LogP contribution in [0.2, 0.25) is 0 Å². The van der Waals surface area contributed by atoms with Crippen LogP contribution in [0, 0.1) is 0 Å². The van der Waals surface area contributed by atoms with Crippen molar-refractivity contribution in [2.75, 3.05) is 0 Å². The summed E-state index contributed by atoms with van der Waals surface area (Å²) < 4.78 is 36.5. The summed E-state index contributed by atoms with van der Waals surface area (Å²) in [4.78, 5) is 6.28. The van der Waals surface area contributed by atoms with Crippen LogP contribution in [0.1, 0.15) is 0 Å². The van der Waals surface area contributed by atoms with Crippen molar-refractivity contribution in [3.8, 4) is 5.75 Å². The highest BCUT2D eigenvalue weighted by Crippen LogP contribution is 2.40. The molecule has 0 aliphatic carbocycles. The van der Waals surface area contributed by atoms with Crippen LogP contribution in [0.15, 0.2) is 23.4 Å². The second-order valence-corrected chi connectivity index (χ2v) is 3.90. The molecule has 1 aromatic heterocycles. The van der Waals surface area contributed by atoms with Gasteiger partial charge in [-0.3, -0.25) is 0 Å². The lowest BCUT2D eigenvalue weighted by atomic mass is 10.3. The fourth-order valence-electron chi connectivity index (χ4n) is 1.21. The molecule has 2 rings (SSSR count). The van der Waals surface area contributed by atoms with Gasteiger partial charge in [0.15, 0.2) is 0 Å². The Morgan fingerprint density at radius 3 is 2.73 bits per heavy atom. The van der Waals surface area contributed by atoms with Crippen molar-refractivity contribution in [3.05, 3.63) is 18.5 Å². The number of phenols is 1. The monoisotopic (exact) mass is 234 g/mol. The van der Waals surface area contributed by atoms with Crippen molar-refractivity contribution in [2.24, 2.45) is 0 Å². The quantitative estimate of drug-likeness (QED) is 0.746. The highest BCUT2D eigenvalue weighted by molar-refractivity contribution is 8.00. The molecule has 2 aromatic rings. The average Bonchev–Trinajstić information content (AvgIpc) is 2.48. The van der Waals surface area contributed by atoms with Gasteiger partial charge in [0.05, 0.1) is 11.8 Å². The average molecular weight is 234 g/mol. The number of rotatable bonds is 1. The van der Waals surface area contributed by atoms with Crippen LogP contribution in [-0.2, 0) is 0 Å². The zero-order chi connectivity index (χ0) is 11.1. The van der Waals surface area contributed by atoms with Gasteiger partial charge in [0, 0.05) is 11.0 Å². The van der Waals surface area contributed by atoms with E-state index in [1.807, 2.05) is 0 Å². The number of hydrogen-bond donors (Lipinski definition) is 2. The maximum Gasteiger partial charge on any atom is 0.446 e. The number of aromatic hydroxyl groups is 1. The smallest absolute Gasteiger partial charge is 0.446 e. The normalized spacial score (nSPS) is 12.2. The van der Waals surface area contributed by atoms with Gasteiger partial charge in [-0.25, -0.2) is 4.98 Å². The zero-order valence-corrected chi connectivity index (χ0v) is 7.99. The molecule has 0 aliphatic heterocycles. The summed E-state index contributed by atoms with van der Waals surface area (Å²) in [6.45, 7) is 0. The molecule has 0 aliphatic rings. The van der Waals surface area contributed by atoms with Crippen LogP contribution in [0.25, 0.3) is 11.0 Å². The number of alkyl halides is 3. The summed E-state index contributed by atoms with van der Waals surface area (Å²) in [7, 11) is 0. The zero-order valence-electron chi connectivity index (χ0n) is 7.17. The minimum atomic E-state index is -4.39. The van der Waals surface area contributed by atoms with Gasteiger partial charge >= 0.3 is 5.51 Å². The number of hydrogen-bond acceptors (Lipinski definition) is 3. The van der Waals surface area contributed by atoms with Gasteiger partial charge in [-0.1, -0.05) is 0 Å². The SMILES string of the molecule is Oc1cc(SC(F)(F)F)c2nc[nH]c2c1. The van der Waals surface area contributed by atoms with E-state index >= 15 is 0 Å². The molecular weight excluding hydrogens is 229 g/mol.